The molecule has 1 saturated heterocycles. The van der Waals surface area contributed by atoms with E-state index in [1.807, 2.05) is 6.92 Å². The normalized spacial score (nSPS) is 21.9. The predicted molar refractivity (Wildman–Crippen MR) is 92.9 cm³/mol. The third-order valence-corrected chi connectivity index (χ3v) is 4.46. The summed E-state index contributed by atoms with van der Waals surface area (Å²) in [5.41, 5.74) is 1.32. The summed E-state index contributed by atoms with van der Waals surface area (Å²) in [4.78, 5) is 6.69. The number of nitrogens with zero attached hydrogens (tertiary/aromatic N) is 3. The number of halogens is 1. The van der Waals surface area contributed by atoms with Gasteiger partial charge < -0.3 is 10.1 Å². The SMILES string of the molecule is Cc1c(Cl)cnc(NCCCCN2CC(C)OC(C)C2)c1C#N. The molecule has 2 rings (SSSR count). The van der Waals surface area contributed by atoms with Crippen LogP contribution in [-0.4, -0.2) is 48.3 Å². The van der Waals surface area contributed by atoms with Gasteiger partial charge in [-0.15, -0.1) is 0 Å². The molecule has 0 bridgehead atoms. The molecule has 2 unspecified atom stereocenters. The van der Waals surface area contributed by atoms with Crippen LogP contribution in [0.2, 0.25) is 5.02 Å². The molecule has 0 amide bonds. The van der Waals surface area contributed by atoms with Gasteiger partial charge in [-0.25, -0.2) is 4.98 Å². The Balaban J connectivity index is 1.74. The molecule has 1 fully saturated rings. The van der Waals surface area contributed by atoms with E-state index in [1.54, 1.807) is 6.20 Å². The van der Waals surface area contributed by atoms with E-state index >= 15 is 0 Å². The second kappa shape index (κ2) is 8.49. The van der Waals surface area contributed by atoms with Gasteiger partial charge in [0.25, 0.3) is 0 Å². The van der Waals surface area contributed by atoms with Gasteiger partial charge in [-0.2, -0.15) is 5.26 Å². The predicted octanol–water partition coefficient (Wildman–Crippen LogP) is 3.22. The van der Waals surface area contributed by atoms with Crippen molar-refractivity contribution in [1.82, 2.24) is 9.88 Å². The maximum Gasteiger partial charge on any atom is 0.144 e. The molecule has 1 aromatic heterocycles. The summed E-state index contributed by atoms with van der Waals surface area (Å²) >= 11 is 6.00. The zero-order chi connectivity index (χ0) is 16.8. The van der Waals surface area contributed by atoms with Crippen molar-refractivity contribution in [1.29, 1.82) is 5.26 Å². The second-order valence-electron chi connectivity index (χ2n) is 6.22. The standard InChI is InChI=1S/C17H25ClN4O/c1-12-10-22(11-13(2)23-12)7-5-4-6-20-17-15(8-19)14(3)16(18)9-21-17/h9,12-13H,4-7,10-11H2,1-3H3,(H,20,21). The Hall–Kier alpha value is -1.35. The molecule has 0 radical (unpaired) electrons. The number of aromatic nitrogens is 1. The third kappa shape index (κ3) is 5.07. The lowest BCUT2D eigenvalue weighted by Crippen LogP contribution is -2.45. The van der Waals surface area contributed by atoms with Crippen LogP contribution in [0.25, 0.3) is 0 Å². The number of morpholine rings is 1. The van der Waals surface area contributed by atoms with Crippen LogP contribution in [0.1, 0.15) is 37.8 Å². The van der Waals surface area contributed by atoms with E-state index in [2.05, 4.69) is 35.1 Å². The van der Waals surface area contributed by atoms with Crippen molar-refractivity contribution in [2.45, 2.75) is 45.8 Å². The number of anilines is 1. The number of nitrogens with one attached hydrogen (secondary N) is 1. The maximum atomic E-state index is 9.24. The second-order valence-corrected chi connectivity index (χ2v) is 6.62. The molecular formula is C17H25ClN4O. The van der Waals surface area contributed by atoms with Crippen molar-refractivity contribution in [3.8, 4) is 6.07 Å². The Bertz CT molecular complexity index is 562. The number of pyridine rings is 1. The van der Waals surface area contributed by atoms with E-state index < -0.39 is 0 Å². The Kier molecular flexibility index (Phi) is 6.64. The summed E-state index contributed by atoms with van der Waals surface area (Å²) in [6.45, 7) is 10.00. The molecule has 0 saturated carbocycles. The molecule has 2 atom stereocenters. The minimum absolute atomic E-state index is 0.316. The van der Waals surface area contributed by atoms with Gasteiger partial charge in [0.2, 0.25) is 0 Å². The molecule has 5 nitrogen and oxygen atoms in total. The maximum absolute atomic E-state index is 9.24. The highest BCUT2D eigenvalue weighted by Crippen LogP contribution is 2.23. The van der Waals surface area contributed by atoms with Crippen molar-refractivity contribution in [2.24, 2.45) is 0 Å². The summed E-state index contributed by atoms with van der Waals surface area (Å²) in [7, 11) is 0. The van der Waals surface area contributed by atoms with Crippen molar-refractivity contribution in [3.05, 3.63) is 22.3 Å². The molecule has 2 heterocycles. The molecule has 1 aromatic rings. The summed E-state index contributed by atoms with van der Waals surface area (Å²) in [5.74, 6) is 0.628. The first-order chi connectivity index (χ1) is 11.0. The van der Waals surface area contributed by atoms with Crippen LogP contribution < -0.4 is 5.32 Å². The molecule has 23 heavy (non-hydrogen) atoms. The molecule has 6 heteroatoms. The van der Waals surface area contributed by atoms with Crippen LogP contribution in [0.5, 0.6) is 0 Å². The van der Waals surface area contributed by atoms with Gasteiger partial charge in [0, 0.05) is 25.8 Å². The van der Waals surface area contributed by atoms with Crippen LogP contribution in [0.15, 0.2) is 6.20 Å². The molecule has 1 N–H and O–H groups in total. The first-order valence-corrected chi connectivity index (χ1v) is 8.56. The van der Waals surface area contributed by atoms with Crippen LogP contribution in [0.3, 0.4) is 0 Å². The third-order valence-electron chi connectivity index (χ3n) is 4.08. The van der Waals surface area contributed by atoms with E-state index in [-0.39, 0.29) is 0 Å². The average molecular weight is 337 g/mol. The van der Waals surface area contributed by atoms with Gasteiger partial charge in [-0.1, -0.05) is 11.6 Å². The Morgan fingerprint density at radius 2 is 2.09 bits per heavy atom. The number of hydrogen-bond donors (Lipinski definition) is 1. The summed E-state index contributed by atoms with van der Waals surface area (Å²) in [6, 6.07) is 2.18. The Morgan fingerprint density at radius 1 is 1.39 bits per heavy atom. The van der Waals surface area contributed by atoms with Gasteiger partial charge in [0.15, 0.2) is 0 Å². The Morgan fingerprint density at radius 3 is 2.74 bits per heavy atom. The number of unbranched alkanes of at least 4 members (excludes halogenated alkanes) is 1. The molecule has 0 aliphatic carbocycles. The highest BCUT2D eigenvalue weighted by atomic mass is 35.5. The number of nitriles is 1. The van der Waals surface area contributed by atoms with Gasteiger partial charge in [-0.3, -0.25) is 4.90 Å². The molecule has 0 spiro atoms. The van der Waals surface area contributed by atoms with E-state index in [0.29, 0.717) is 28.6 Å². The van der Waals surface area contributed by atoms with Gasteiger partial charge in [0.1, 0.15) is 11.9 Å². The molecular weight excluding hydrogens is 312 g/mol. The minimum atomic E-state index is 0.316. The summed E-state index contributed by atoms with van der Waals surface area (Å²) in [6.07, 6.45) is 4.37. The molecule has 1 aliphatic heterocycles. The number of hydrogen-bond acceptors (Lipinski definition) is 5. The minimum Gasteiger partial charge on any atom is -0.373 e. The van der Waals surface area contributed by atoms with Crippen molar-refractivity contribution < 1.29 is 4.74 Å². The summed E-state index contributed by atoms with van der Waals surface area (Å²) in [5, 5.41) is 13.0. The van der Waals surface area contributed by atoms with E-state index in [9.17, 15) is 5.26 Å². The van der Waals surface area contributed by atoms with Gasteiger partial charge in [-0.05, 0) is 45.7 Å². The van der Waals surface area contributed by atoms with Gasteiger partial charge in [0.05, 0.1) is 22.8 Å². The van der Waals surface area contributed by atoms with Crippen LogP contribution in [0, 0.1) is 18.3 Å². The largest absolute Gasteiger partial charge is 0.373 e. The zero-order valence-electron chi connectivity index (χ0n) is 14.1. The highest BCUT2D eigenvalue weighted by molar-refractivity contribution is 6.31. The average Bonchev–Trinajstić information content (AvgIpc) is 2.49. The fraction of sp³-hybridized carbons (Fsp3) is 0.647. The van der Waals surface area contributed by atoms with Crippen LogP contribution >= 0.6 is 11.6 Å². The van der Waals surface area contributed by atoms with Gasteiger partial charge >= 0.3 is 0 Å². The lowest BCUT2D eigenvalue weighted by atomic mass is 10.1. The van der Waals surface area contributed by atoms with Crippen LogP contribution in [0.4, 0.5) is 5.82 Å². The first kappa shape index (κ1) is 18.0. The van der Waals surface area contributed by atoms with Crippen molar-refractivity contribution >= 4 is 17.4 Å². The Labute approximate surface area is 143 Å². The zero-order valence-corrected chi connectivity index (χ0v) is 14.9. The summed E-state index contributed by atoms with van der Waals surface area (Å²) < 4.78 is 5.74. The molecule has 126 valence electrons. The fourth-order valence-electron chi connectivity index (χ4n) is 2.98. The lowest BCUT2D eigenvalue weighted by Gasteiger charge is -2.35. The fourth-order valence-corrected chi connectivity index (χ4v) is 3.13. The monoisotopic (exact) mass is 336 g/mol. The molecule has 0 aromatic carbocycles. The van der Waals surface area contributed by atoms with Crippen LogP contribution in [-0.2, 0) is 4.74 Å². The number of rotatable bonds is 6. The topological polar surface area (TPSA) is 61.2 Å². The quantitative estimate of drug-likeness (QED) is 0.808. The molecule has 1 aliphatic rings. The van der Waals surface area contributed by atoms with E-state index in [4.69, 9.17) is 16.3 Å². The smallest absolute Gasteiger partial charge is 0.144 e. The van der Waals surface area contributed by atoms with Crippen molar-refractivity contribution in [3.63, 3.8) is 0 Å². The van der Waals surface area contributed by atoms with E-state index in [0.717, 1.165) is 44.6 Å². The lowest BCUT2D eigenvalue weighted by molar-refractivity contribution is -0.0681. The number of ether oxygens (including phenoxy) is 1. The first-order valence-electron chi connectivity index (χ1n) is 8.18. The van der Waals surface area contributed by atoms with E-state index in [1.165, 1.54) is 0 Å². The van der Waals surface area contributed by atoms with Crippen molar-refractivity contribution in [2.75, 3.05) is 31.5 Å². The highest BCUT2D eigenvalue weighted by Gasteiger charge is 2.21.